The van der Waals surface area contributed by atoms with E-state index >= 15 is 0 Å². The highest BCUT2D eigenvalue weighted by Crippen LogP contribution is 2.26. The lowest BCUT2D eigenvalue weighted by Crippen LogP contribution is -2.34. The van der Waals surface area contributed by atoms with Crippen molar-refractivity contribution in [2.45, 2.75) is 19.4 Å². The molecule has 1 aliphatic heterocycles. The molecule has 0 saturated carbocycles. The smallest absolute Gasteiger partial charge is 0.335 e. The number of amides is 2. The van der Waals surface area contributed by atoms with E-state index in [1.54, 1.807) is 30.3 Å². The molecule has 1 heterocycles. The average molecular weight is 354 g/mol. The third kappa shape index (κ3) is 3.51. The Balaban J connectivity index is 1.76. The quantitative estimate of drug-likeness (QED) is 0.774. The number of imide groups is 1. The monoisotopic (exact) mass is 354 g/mol. The fourth-order valence-corrected chi connectivity index (χ4v) is 2.81. The molecular weight excluding hydrogens is 336 g/mol. The van der Waals surface area contributed by atoms with Crippen molar-refractivity contribution in [2.24, 2.45) is 0 Å². The van der Waals surface area contributed by atoms with E-state index in [1.807, 2.05) is 6.92 Å². The van der Waals surface area contributed by atoms with Crippen LogP contribution in [0.3, 0.4) is 0 Å². The molecule has 0 radical (unpaired) electrons. The number of carbonyl (C=O) groups is 3. The summed E-state index contributed by atoms with van der Waals surface area (Å²) in [5.74, 6) is -1.18. The summed E-state index contributed by atoms with van der Waals surface area (Å²) < 4.78 is 5.37. The number of nitrogens with one attached hydrogen (secondary N) is 1. The van der Waals surface area contributed by atoms with Crippen molar-refractivity contribution in [3.63, 3.8) is 0 Å². The Morgan fingerprint density at radius 1 is 1.23 bits per heavy atom. The van der Waals surface area contributed by atoms with Gasteiger partial charge in [0.15, 0.2) is 0 Å². The number of carbonyl (C=O) groups excluding carboxylic acids is 2. The summed E-state index contributed by atoms with van der Waals surface area (Å²) in [6.45, 7) is 2.45. The molecule has 0 bridgehead atoms. The van der Waals surface area contributed by atoms with Crippen molar-refractivity contribution >= 4 is 29.2 Å². The van der Waals surface area contributed by atoms with Gasteiger partial charge in [0, 0.05) is 5.69 Å². The summed E-state index contributed by atoms with van der Waals surface area (Å²) in [7, 11) is 0. The standard InChI is InChI=1S/C19H18N2O5/c1-2-26-15-8-6-13(7-9-15)20-16-11-17(22)21(18(16)23)14-5-3-4-12(10-14)19(24)25/h3-10,16,20H,2,11H2,1H3,(H,24,25). The van der Waals surface area contributed by atoms with Gasteiger partial charge in [0.1, 0.15) is 11.8 Å². The van der Waals surface area contributed by atoms with Gasteiger partial charge in [-0.1, -0.05) is 6.07 Å². The number of benzene rings is 2. The van der Waals surface area contributed by atoms with Crippen molar-refractivity contribution in [2.75, 3.05) is 16.8 Å². The number of anilines is 2. The van der Waals surface area contributed by atoms with Gasteiger partial charge in [-0.15, -0.1) is 0 Å². The SMILES string of the molecule is CCOc1ccc(NC2CC(=O)N(c3cccc(C(=O)O)c3)C2=O)cc1. The Morgan fingerprint density at radius 3 is 2.62 bits per heavy atom. The van der Waals surface area contributed by atoms with E-state index in [2.05, 4.69) is 5.32 Å². The first kappa shape index (κ1) is 17.5. The maximum atomic E-state index is 12.6. The van der Waals surface area contributed by atoms with Gasteiger partial charge in [0.05, 0.1) is 24.3 Å². The van der Waals surface area contributed by atoms with Crippen LogP contribution in [-0.2, 0) is 9.59 Å². The molecule has 0 aromatic heterocycles. The summed E-state index contributed by atoms with van der Waals surface area (Å²) in [5, 5.41) is 12.1. The van der Waals surface area contributed by atoms with Crippen molar-refractivity contribution in [3.8, 4) is 5.75 Å². The molecule has 2 amide bonds. The topological polar surface area (TPSA) is 95.9 Å². The molecule has 7 heteroatoms. The van der Waals surface area contributed by atoms with Crippen LogP contribution < -0.4 is 15.0 Å². The maximum Gasteiger partial charge on any atom is 0.335 e. The maximum absolute atomic E-state index is 12.6. The zero-order chi connectivity index (χ0) is 18.7. The van der Waals surface area contributed by atoms with Crippen LogP contribution in [0, 0.1) is 0 Å². The highest BCUT2D eigenvalue weighted by Gasteiger charge is 2.39. The zero-order valence-electron chi connectivity index (χ0n) is 14.1. The molecule has 1 atom stereocenters. The Hall–Kier alpha value is -3.35. The third-order valence-corrected chi connectivity index (χ3v) is 4.00. The summed E-state index contributed by atoms with van der Waals surface area (Å²) in [6, 6.07) is 12.2. The van der Waals surface area contributed by atoms with E-state index in [4.69, 9.17) is 9.84 Å². The number of rotatable bonds is 6. The first-order chi connectivity index (χ1) is 12.5. The molecule has 1 unspecified atom stereocenters. The first-order valence-corrected chi connectivity index (χ1v) is 8.19. The average Bonchev–Trinajstić information content (AvgIpc) is 2.90. The van der Waals surface area contributed by atoms with Gasteiger partial charge in [-0.05, 0) is 49.4 Å². The van der Waals surface area contributed by atoms with Crippen LogP contribution in [0.1, 0.15) is 23.7 Å². The van der Waals surface area contributed by atoms with E-state index in [9.17, 15) is 14.4 Å². The highest BCUT2D eigenvalue weighted by molar-refractivity contribution is 6.23. The van der Waals surface area contributed by atoms with E-state index in [1.165, 1.54) is 18.2 Å². The Bertz CT molecular complexity index is 847. The summed E-state index contributed by atoms with van der Waals surface area (Å²) >= 11 is 0. The minimum atomic E-state index is -1.12. The van der Waals surface area contributed by atoms with Crippen molar-refractivity contribution in [3.05, 3.63) is 54.1 Å². The van der Waals surface area contributed by atoms with Crippen LogP contribution in [0.5, 0.6) is 5.75 Å². The lowest BCUT2D eigenvalue weighted by molar-refractivity contribution is -0.121. The Kier molecular flexibility index (Phi) is 4.88. The van der Waals surface area contributed by atoms with Gasteiger partial charge in [-0.2, -0.15) is 0 Å². The number of hydrogen-bond donors (Lipinski definition) is 2. The predicted molar refractivity (Wildman–Crippen MR) is 95.5 cm³/mol. The van der Waals surface area contributed by atoms with Crippen LogP contribution in [0.15, 0.2) is 48.5 Å². The number of carboxylic acid groups (broad SMARTS) is 1. The second kappa shape index (κ2) is 7.26. The Labute approximate surface area is 150 Å². The van der Waals surface area contributed by atoms with Gasteiger partial charge in [-0.25, -0.2) is 9.69 Å². The molecule has 7 nitrogen and oxygen atoms in total. The number of ether oxygens (including phenoxy) is 1. The molecule has 2 N–H and O–H groups in total. The van der Waals surface area contributed by atoms with E-state index < -0.39 is 17.9 Å². The van der Waals surface area contributed by atoms with E-state index in [0.29, 0.717) is 12.3 Å². The molecular formula is C19H18N2O5. The number of nitrogens with zero attached hydrogens (tertiary/aromatic N) is 1. The zero-order valence-corrected chi connectivity index (χ0v) is 14.1. The number of hydrogen-bond acceptors (Lipinski definition) is 5. The van der Waals surface area contributed by atoms with Crippen molar-refractivity contribution in [1.29, 1.82) is 0 Å². The predicted octanol–water partition coefficient (Wildman–Crippen LogP) is 2.53. The van der Waals surface area contributed by atoms with E-state index in [0.717, 1.165) is 10.6 Å². The van der Waals surface area contributed by atoms with Crippen molar-refractivity contribution in [1.82, 2.24) is 0 Å². The van der Waals surface area contributed by atoms with E-state index in [-0.39, 0.29) is 23.6 Å². The second-order valence-electron chi connectivity index (χ2n) is 5.78. The molecule has 2 aromatic carbocycles. The first-order valence-electron chi connectivity index (χ1n) is 8.19. The molecule has 1 saturated heterocycles. The summed E-state index contributed by atoms with van der Waals surface area (Å²) in [4.78, 5) is 37.1. The second-order valence-corrected chi connectivity index (χ2v) is 5.78. The number of carboxylic acids is 1. The van der Waals surface area contributed by atoms with Crippen LogP contribution >= 0.6 is 0 Å². The van der Waals surface area contributed by atoms with Gasteiger partial charge in [0.25, 0.3) is 5.91 Å². The fraction of sp³-hybridized carbons (Fsp3) is 0.211. The van der Waals surface area contributed by atoms with Gasteiger partial charge in [-0.3, -0.25) is 9.59 Å². The highest BCUT2D eigenvalue weighted by atomic mass is 16.5. The third-order valence-electron chi connectivity index (χ3n) is 4.00. The molecule has 0 aliphatic carbocycles. The van der Waals surface area contributed by atoms with Crippen molar-refractivity contribution < 1.29 is 24.2 Å². The van der Waals surface area contributed by atoms with Crippen LogP contribution in [0.4, 0.5) is 11.4 Å². The molecule has 3 rings (SSSR count). The summed E-state index contributed by atoms with van der Waals surface area (Å²) in [5.41, 5.74) is 0.975. The fourth-order valence-electron chi connectivity index (χ4n) is 2.81. The lowest BCUT2D eigenvalue weighted by atomic mass is 10.2. The van der Waals surface area contributed by atoms with Gasteiger partial charge >= 0.3 is 5.97 Å². The molecule has 0 spiro atoms. The minimum Gasteiger partial charge on any atom is -0.494 e. The van der Waals surface area contributed by atoms with Crippen LogP contribution in [-0.4, -0.2) is 35.5 Å². The van der Waals surface area contributed by atoms with Crippen LogP contribution in [0.25, 0.3) is 0 Å². The normalized spacial score (nSPS) is 16.7. The van der Waals surface area contributed by atoms with Gasteiger partial charge < -0.3 is 15.2 Å². The molecule has 134 valence electrons. The largest absolute Gasteiger partial charge is 0.494 e. The summed E-state index contributed by atoms with van der Waals surface area (Å²) in [6.07, 6.45) is 0.00332. The molecule has 26 heavy (non-hydrogen) atoms. The lowest BCUT2D eigenvalue weighted by Gasteiger charge is -2.16. The molecule has 1 fully saturated rings. The Morgan fingerprint density at radius 2 is 1.96 bits per heavy atom. The van der Waals surface area contributed by atoms with Crippen LogP contribution in [0.2, 0.25) is 0 Å². The molecule has 1 aliphatic rings. The molecule has 2 aromatic rings. The number of aromatic carboxylic acids is 1. The van der Waals surface area contributed by atoms with Gasteiger partial charge in [0.2, 0.25) is 5.91 Å². The minimum absolute atomic E-state index is 0.00332.